The van der Waals surface area contributed by atoms with Crippen molar-refractivity contribution >= 4 is 5.69 Å². The minimum Gasteiger partial charge on any atom is -0.372 e. The Hall–Kier alpha value is -1.94. The first-order chi connectivity index (χ1) is 10.2. The number of nitrogens with one attached hydrogen (secondary N) is 1. The highest BCUT2D eigenvalue weighted by Gasteiger charge is 2.12. The van der Waals surface area contributed by atoms with E-state index in [2.05, 4.69) is 10.3 Å². The lowest BCUT2D eigenvalue weighted by molar-refractivity contribution is 0.615. The van der Waals surface area contributed by atoms with Gasteiger partial charge in [-0.2, -0.15) is 0 Å². The molecule has 0 aliphatic carbocycles. The van der Waals surface area contributed by atoms with Crippen LogP contribution in [0.5, 0.6) is 0 Å². The van der Waals surface area contributed by atoms with Crippen molar-refractivity contribution in [3.05, 3.63) is 59.7 Å². The van der Waals surface area contributed by atoms with Gasteiger partial charge in [0.05, 0.1) is 5.69 Å². The van der Waals surface area contributed by atoms with Gasteiger partial charge in [0.2, 0.25) is 0 Å². The molecule has 0 amide bonds. The van der Waals surface area contributed by atoms with Gasteiger partial charge in [0, 0.05) is 38.4 Å². The van der Waals surface area contributed by atoms with Crippen molar-refractivity contribution in [3.8, 4) is 0 Å². The first-order valence-corrected chi connectivity index (χ1v) is 7.31. The number of hydrogen-bond acceptors (Lipinski definition) is 3. The maximum Gasteiger partial charge on any atom is 0.146 e. The lowest BCUT2D eigenvalue weighted by Gasteiger charge is -2.23. The number of hydrogen-bond donors (Lipinski definition) is 1. The Bertz CT molecular complexity index is 557. The van der Waals surface area contributed by atoms with E-state index in [9.17, 15) is 4.39 Å². The van der Waals surface area contributed by atoms with Crippen LogP contribution in [0.3, 0.4) is 0 Å². The van der Waals surface area contributed by atoms with E-state index in [1.54, 1.807) is 12.3 Å². The summed E-state index contributed by atoms with van der Waals surface area (Å²) in [5.41, 5.74) is 2.68. The fourth-order valence-electron chi connectivity index (χ4n) is 2.33. The van der Waals surface area contributed by atoms with E-state index in [1.807, 2.05) is 43.1 Å². The molecule has 0 aliphatic rings. The van der Waals surface area contributed by atoms with Crippen LogP contribution in [-0.2, 0) is 13.0 Å². The number of para-hydroxylation sites is 1. The minimum absolute atomic E-state index is 0.172. The summed E-state index contributed by atoms with van der Waals surface area (Å²) in [5, 5.41) is 3.26. The largest absolute Gasteiger partial charge is 0.372 e. The molecule has 0 bridgehead atoms. The highest BCUT2D eigenvalue weighted by molar-refractivity contribution is 5.54. The summed E-state index contributed by atoms with van der Waals surface area (Å²) in [5.74, 6) is -0.172. The maximum absolute atomic E-state index is 14.2. The van der Waals surface area contributed by atoms with Gasteiger partial charge >= 0.3 is 0 Å². The van der Waals surface area contributed by atoms with Crippen LogP contribution >= 0.6 is 0 Å². The quantitative estimate of drug-likeness (QED) is 0.848. The second-order valence-electron chi connectivity index (χ2n) is 5.02. The summed E-state index contributed by atoms with van der Waals surface area (Å²) in [4.78, 5) is 6.27. The molecule has 112 valence electrons. The van der Waals surface area contributed by atoms with Crippen LogP contribution in [0.2, 0.25) is 0 Å². The van der Waals surface area contributed by atoms with Gasteiger partial charge in [0.25, 0.3) is 0 Å². The summed E-state index contributed by atoms with van der Waals surface area (Å²) in [7, 11) is 1.93. The van der Waals surface area contributed by atoms with Crippen molar-refractivity contribution in [2.24, 2.45) is 0 Å². The summed E-state index contributed by atoms with van der Waals surface area (Å²) in [6.45, 7) is 4.33. The summed E-state index contributed by atoms with van der Waals surface area (Å²) >= 11 is 0. The van der Waals surface area contributed by atoms with Gasteiger partial charge in [-0.15, -0.1) is 0 Å². The lowest BCUT2D eigenvalue weighted by atomic mass is 10.1. The number of nitrogens with zero attached hydrogens (tertiary/aromatic N) is 2. The highest BCUT2D eigenvalue weighted by atomic mass is 19.1. The van der Waals surface area contributed by atoms with Gasteiger partial charge in [-0.3, -0.25) is 4.98 Å². The first kappa shape index (κ1) is 15.4. The molecule has 4 heteroatoms. The van der Waals surface area contributed by atoms with Gasteiger partial charge < -0.3 is 10.2 Å². The van der Waals surface area contributed by atoms with Crippen LogP contribution in [-0.4, -0.2) is 25.1 Å². The van der Waals surface area contributed by atoms with Gasteiger partial charge in [-0.05, 0) is 30.3 Å². The summed E-state index contributed by atoms with van der Waals surface area (Å²) in [6, 6.07) is 11.1. The standard InChI is InChI=1S/C17H22FN3/c1-3-19-13-14-7-6-9-16(18)17(14)21(2)12-10-15-8-4-5-11-20-15/h4-9,11,19H,3,10,12-13H2,1-2H3. The number of anilines is 1. The molecule has 1 heterocycles. The monoisotopic (exact) mass is 287 g/mol. The minimum atomic E-state index is -0.172. The zero-order valence-electron chi connectivity index (χ0n) is 12.6. The van der Waals surface area contributed by atoms with Crippen molar-refractivity contribution in [3.63, 3.8) is 0 Å². The molecule has 0 atom stereocenters. The Morgan fingerprint density at radius 2 is 2.05 bits per heavy atom. The van der Waals surface area contributed by atoms with Crippen LogP contribution in [0.4, 0.5) is 10.1 Å². The molecule has 0 radical (unpaired) electrons. The van der Waals surface area contributed by atoms with Crippen molar-refractivity contribution in [1.82, 2.24) is 10.3 Å². The summed E-state index contributed by atoms with van der Waals surface area (Å²) < 4.78 is 14.2. The predicted molar refractivity (Wildman–Crippen MR) is 85.0 cm³/mol. The second-order valence-corrected chi connectivity index (χ2v) is 5.02. The third-order valence-electron chi connectivity index (χ3n) is 3.45. The van der Waals surface area contributed by atoms with E-state index in [4.69, 9.17) is 0 Å². The molecule has 1 N–H and O–H groups in total. The number of benzene rings is 1. The topological polar surface area (TPSA) is 28.2 Å². The fourth-order valence-corrected chi connectivity index (χ4v) is 2.33. The molecule has 0 aliphatic heterocycles. The third-order valence-corrected chi connectivity index (χ3v) is 3.45. The van der Waals surface area contributed by atoms with Crippen LogP contribution in [0.15, 0.2) is 42.6 Å². The Morgan fingerprint density at radius 1 is 1.19 bits per heavy atom. The van der Waals surface area contributed by atoms with Crippen molar-refractivity contribution < 1.29 is 4.39 Å². The van der Waals surface area contributed by atoms with E-state index in [0.29, 0.717) is 12.2 Å². The Balaban J connectivity index is 2.08. The number of halogens is 1. The molecule has 0 unspecified atom stereocenters. The van der Waals surface area contributed by atoms with Crippen LogP contribution in [0.25, 0.3) is 0 Å². The van der Waals surface area contributed by atoms with Crippen LogP contribution < -0.4 is 10.2 Å². The zero-order valence-corrected chi connectivity index (χ0v) is 12.6. The predicted octanol–water partition coefficient (Wildman–Crippen LogP) is 3.01. The fraction of sp³-hybridized carbons (Fsp3) is 0.353. The van der Waals surface area contributed by atoms with Crippen molar-refractivity contribution in [2.45, 2.75) is 19.9 Å². The average Bonchev–Trinajstić information content (AvgIpc) is 2.51. The van der Waals surface area contributed by atoms with Gasteiger partial charge in [-0.25, -0.2) is 4.39 Å². The highest BCUT2D eigenvalue weighted by Crippen LogP contribution is 2.23. The molecule has 0 saturated heterocycles. The molecular formula is C17H22FN3. The molecule has 2 aromatic rings. The van der Waals surface area contributed by atoms with E-state index >= 15 is 0 Å². The molecular weight excluding hydrogens is 265 g/mol. The maximum atomic E-state index is 14.2. The number of aromatic nitrogens is 1. The third kappa shape index (κ3) is 4.26. The Labute approximate surface area is 125 Å². The van der Waals surface area contributed by atoms with E-state index in [0.717, 1.165) is 30.8 Å². The van der Waals surface area contributed by atoms with Crippen LogP contribution in [0, 0.1) is 5.82 Å². The average molecular weight is 287 g/mol. The molecule has 0 spiro atoms. The molecule has 21 heavy (non-hydrogen) atoms. The molecule has 0 fully saturated rings. The van der Waals surface area contributed by atoms with Crippen LogP contribution in [0.1, 0.15) is 18.2 Å². The SMILES string of the molecule is CCNCc1cccc(F)c1N(C)CCc1ccccn1. The number of likely N-dealkylation sites (N-methyl/N-ethyl adjacent to an activating group) is 1. The number of pyridine rings is 1. The molecule has 2 rings (SSSR count). The normalized spacial score (nSPS) is 10.6. The zero-order chi connectivity index (χ0) is 15.1. The first-order valence-electron chi connectivity index (χ1n) is 7.31. The molecule has 1 aromatic carbocycles. The van der Waals surface area contributed by atoms with E-state index in [1.165, 1.54) is 6.07 Å². The second kappa shape index (κ2) is 7.74. The van der Waals surface area contributed by atoms with Gasteiger partial charge in [0.15, 0.2) is 0 Å². The molecule has 0 saturated carbocycles. The number of rotatable bonds is 7. The molecule has 1 aromatic heterocycles. The Morgan fingerprint density at radius 3 is 2.76 bits per heavy atom. The van der Waals surface area contributed by atoms with E-state index in [-0.39, 0.29) is 5.82 Å². The summed E-state index contributed by atoms with van der Waals surface area (Å²) in [6.07, 6.45) is 2.58. The lowest BCUT2D eigenvalue weighted by Crippen LogP contribution is -2.24. The molecule has 3 nitrogen and oxygen atoms in total. The van der Waals surface area contributed by atoms with Gasteiger partial charge in [0.1, 0.15) is 5.82 Å². The van der Waals surface area contributed by atoms with Crippen molar-refractivity contribution in [2.75, 3.05) is 25.0 Å². The Kier molecular flexibility index (Phi) is 5.69. The van der Waals surface area contributed by atoms with Gasteiger partial charge in [-0.1, -0.05) is 25.1 Å². The van der Waals surface area contributed by atoms with Crippen molar-refractivity contribution in [1.29, 1.82) is 0 Å². The van der Waals surface area contributed by atoms with E-state index < -0.39 is 0 Å². The smallest absolute Gasteiger partial charge is 0.146 e.